The first-order valence-corrected chi connectivity index (χ1v) is 8.45. The first-order valence-electron chi connectivity index (χ1n) is 6.66. The number of aliphatic hydroxyl groups is 1. The maximum absolute atomic E-state index is 10.9. The van der Waals surface area contributed by atoms with E-state index in [0.29, 0.717) is 11.2 Å². The second kappa shape index (κ2) is 4.46. The summed E-state index contributed by atoms with van der Waals surface area (Å²) >= 11 is 0. The predicted octanol–water partition coefficient (Wildman–Crippen LogP) is -0.910. The standard InChI is InChI=1S/C11H14N5O5P/c12-10-6-11(14-1-13-10)16(2-15-6)7-4-5(8(7)17)9(4)21-3-22(18,19)20/h1-2,4-5,7-9,17H,3H2,(H2,12,13,14)(H2,18,19,20)/t4?,5-,7+,8-,9-/m0/s1. The Bertz CT molecular complexity index is 790. The molecular weight excluding hydrogens is 313 g/mol. The molecule has 5 N–H and O–H groups in total. The van der Waals surface area contributed by atoms with Gasteiger partial charge in [0.05, 0.1) is 24.6 Å². The molecule has 0 bridgehead atoms. The van der Waals surface area contributed by atoms with Gasteiger partial charge < -0.3 is 29.9 Å². The molecule has 0 aliphatic heterocycles. The summed E-state index contributed by atoms with van der Waals surface area (Å²) in [5.41, 5.74) is 6.72. The lowest BCUT2D eigenvalue weighted by Gasteiger charge is -2.31. The summed E-state index contributed by atoms with van der Waals surface area (Å²) < 4.78 is 17.8. The fourth-order valence-electron chi connectivity index (χ4n) is 3.33. The Balaban J connectivity index is 1.57. The topological polar surface area (TPSA) is 157 Å². The summed E-state index contributed by atoms with van der Waals surface area (Å²) in [7, 11) is -4.21. The van der Waals surface area contributed by atoms with E-state index < -0.39 is 20.0 Å². The van der Waals surface area contributed by atoms with Crippen molar-refractivity contribution in [3.05, 3.63) is 12.7 Å². The van der Waals surface area contributed by atoms with Crippen LogP contribution in [0.4, 0.5) is 5.82 Å². The van der Waals surface area contributed by atoms with Crippen LogP contribution in [-0.2, 0) is 9.30 Å². The van der Waals surface area contributed by atoms with E-state index in [1.165, 1.54) is 12.7 Å². The normalized spacial score (nSPS) is 33.5. The Morgan fingerprint density at radius 3 is 2.82 bits per heavy atom. The van der Waals surface area contributed by atoms with Gasteiger partial charge in [0.25, 0.3) is 0 Å². The number of anilines is 1. The van der Waals surface area contributed by atoms with Gasteiger partial charge in [-0.05, 0) is 0 Å². The van der Waals surface area contributed by atoms with Crippen LogP contribution in [0.15, 0.2) is 12.7 Å². The number of hydrogen-bond acceptors (Lipinski definition) is 7. The Morgan fingerprint density at radius 2 is 2.09 bits per heavy atom. The molecule has 0 aromatic carbocycles. The van der Waals surface area contributed by atoms with Gasteiger partial charge in [-0.15, -0.1) is 0 Å². The van der Waals surface area contributed by atoms with Gasteiger partial charge in [-0.2, -0.15) is 0 Å². The van der Waals surface area contributed by atoms with Gasteiger partial charge in [-0.25, -0.2) is 15.0 Å². The largest absolute Gasteiger partial charge is 0.391 e. The van der Waals surface area contributed by atoms with E-state index in [4.69, 9.17) is 20.3 Å². The minimum atomic E-state index is -4.21. The molecule has 11 heteroatoms. The highest BCUT2D eigenvalue weighted by atomic mass is 31.2. The summed E-state index contributed by atoms with van der Waals surface area (Å²) in [6, 6.07) is -0.286. The molecule has 5 atom stereocenters. The molecule has 22 heavy (non-hydrogen) atoms. The second-order valence-corrected chi connectivity index (χ2v) is 7.23. The quantitative estimate of drug-likeness (QED) is 0.522. The number of nitrogens with two attached hydrogens (primary N) is 1. The van der Waals surface area contributed by atoms with E-state index in [-0.39, 0.29) is 29.8 Å². The van der Waals surface area contributed by atoms with Gasteiger partial charge in [-0.1, -0.05) is 0 Å². The summed E-state index contributed by atoms with van der Waals surface area (Å²) in [6.07, 6.45) is 1.21. The number of hydrogen-bond donors (Lipinski definition) is 4. The molecule has 2 aromatic heterocycles. The lowest BCUT2D eigenvalue weighted by atomic mass is 9.89. The van der Waals surface area contributed by atoms with Crippen LogP contribution in [0.3, 0.4) is 0 Å². The van der Waals surface area contributed by atoms with Crippen LogP contribution in [0.5, 0.6) is 0 Å². The monoisotopic (exact) mass is 327 g/mol. The third-order valence-electron chi connectivity index (χ3n) is 4.34. The maximum atomic E-state index is 10.9. The van der Waals surface area contributed by atoms with Gasteiger partial charge in [0.1, 0.15) is 18.2 Å². The van der Waals surface area contributed by atoms with E-state index >= 15 is 0 Å². The van der Waals surface area contributed by atoms with Crippen molar-refractivity contribution in [3.63, 3.8) is 0 Å². The molecule has 10 nitrogen and oxygen atoms in total. The molecule has 2 aliphatic rings. The van der Waals surface area contributed by atoms with Crippen molar-refractivity contribution in [1.82, 2.24) is 19.5 Å². The minimum absolute atomic E-state index is 0.00450. The Labute approximate surface area is 124 Å². The van der Waals surface area contributed by atoms with E-state index in [2.05, 4.69) is 15.0 Å². The number of aromatic nitrogens is 4. The van der Waals surface area contributed by atoms with Crippen molar-refractivity contribution in [2.45, 2.75) is 18.2 Å². The predicted molar refractivity (Wildman–Crippen MR) is 73.5 cm³/mol. The molecule has 0 radical (unpaired) electrons. The zero-order chi connectivity index (χ0) is 15.6. The van der Waals surface area contributed by atoms with Crippen LogP contribution in [-0.4, -0.2) is 53.0 Å². The molecule has 4 rings (SSSR count). The van der Waals surface area contributed by atoms with Crippen molar-refractivity contribution >= 4 is 24.6 Å². The zero-order valence-electron chi connectivity index (χ0n) is 11.2. The molecule has 0 spiro atoms. The number of imidazole rings is 1. The highest BCUT2D eigenvalue weighted by Crippen LogP contribution is 2.64. The highest BCUT2D eigenvalue weighted by Gasteiger charge is 2.71. The maximum Gasteiger partial charge on any atom is 0.350 e. The van der Waals surface area contributed by atoms with Gasteiger partial charge in [0, 0.05) is 11.8 Å². The number of fused-ring (bicyclic) bond motifs is 2. The van der Waals surface area contributed by atoms with Gasteiger partial charge in [0.2, 0.25) is 0 Å². The summed E-state index contributed by atoms with van der Waals surface area (Å²) in [5, 5.41) is 10.2. The van der Waals surface area contributed by atoms with Crippen molar-refractivity contribution in [2.75, 3.05) is 12.1 Å². The summed E-state index contributed by atoms with van der Waals surface area (Å²) in [4.78, 5) is 29.9. The lowest BCUT2D eigenvalue weighted by Crippen LogP contribution is -2.37. The van der Waals surface area contributed by atoms with Crippen LogP contribution < -0.4 is 5.73 Å². The molecule has 2 aromatic rings. The second-order valence-electron chi connectivity index (χ2n) is 5.64. The third-order valence-corrected chi connectivity index (χ3v) is 4.83. The highest BCUT2D eigenvalue weighted by molar-refractivity contribution is 7.51. The minimum Gasteiger partial charge on any atom is -0.391 e. The number of aliphatic hydroxyl groups excluding tert-OH is 1. The van der Waals surface area contributed by atoms with Gasteiger partial charge in [-0.3, -0.25) is 4.57 Å². The third kappa shape index (κ3) is 1.96. The van der Waals surface area contributed by atoms with Crippen molar-refractivity contribution in [1.29, 1.82) is 0 Å². The SMILES string of the molecule is Nc1ncnc2c1ncn2[C@@H]1C2[C@@H]([C@@H]1O)[C@H]2OCP(=O)(O)O. The zero-order valence-corrected chi connectivity index (χ0v) is 12.1. The summed E-state index contributed by atoms with van der Waals surface area (Å²) in [5.74, 6) is 0.155. The van der Waals surface area contributed by atoms with E-state index in [9.17, 15) is 9.67 Å². The first kappa shape index (κ1) is 14.0. The van der Waals surface area contributed by atoms with Crippen LogP contribution in [0.2, 0.25) is 0 Å². The Hall–Kier alpha value is -1.58. The van der Waals surface area contributed by atoms with Crippen LogP contribution in [0, 0.1) is 11.8 Å². The number of nitrogens with zero attached hydrogens (tertiary/aromatic N) is 4. The number of ether oxygens (including phenoxy) is 1. The van der Waals surface area contributed by atoms with Crippen molar-refractivity contribution < 1.29 is 24.2 Å². The molecule has 2 heterocycles. The fourth-order valence-corrected chi connectivity index (χ4v) is 3.69. The number of nitrogen functional groups attached to an aromatic ring is 1. The lowest BCUT2D eigenvalue weighted by molar-refractivity contribution is 0.0189. The van der Waals surface area contributed by atoms with Crippen molar-refractivity contribution in [3.8, 4) is 0 Å². The molecule has 0 saturated heterocycles. The molecule has 2 saturated carbocycles. The fraction of sp³-hybridized carbons (Fsp3) is 0.545. The van der Waals surface area contributed by atoms with E-state index in [0.717, 1.165) is 0 Å². The van der Waals surface area contributed by atoms with E-state index in [1.54, 1.807) is 4.57 Å². The van der Waals surface area contributed by atoms with Crippen molar-refractivity contribution in [2.24, 2.45) is 11.8 Å². The molecule has 1 unspecified atom stereocenters. The molecule has 2 aliphatic carbocycles. The Morgan fingerprint density at radius 1 is 1.32 bits per heavy atom. The van der Waals surface area contributed by atoms with E-state index in [1.807, 2.05) is 0 Å². The molecule has 118 valence electrons. The molecule has 2 fully saturated rings. The Kier molecular flexibility index (Phi) is 2.85. The average molecular weight is 327 g/mol. The number of rotatable bonds is 4. The van der Waals surface area contributed by atoms with Gasteiger partial charge >= 0.3 is 7.60 Å². The van der Waals surface area contributed by atoms with Crippen LogP contribution in [0.1, 0.15) is 6.04 Å². The average Bonchev–Trinajstić information content (AvgIpc) is 2.90. The summed E-state index contributed by atoms with van der Waals surface area (Å²) in [6.45, 7) is 0. The van der Waals surface area contributed by atoms with Gasteiger partial charge in [0.15, 0.2) is 11.5 Å². The first-order chi connectivity index (χ1) is 10.4. The van der Waals surface area contributed by atoms with Crippen LogP contribution in [0.25, 0.3) is 11.2 Å². The molecule has 0 amide bonds. The smallest absolute Gasteiger partial charge is 0.350 e. The molecular formula is C11H14N5O5P. The van der Waals surface area contributed by atoms with Crippen LogP contribution >= 0.6 is 7.60 Å².